The van der Waals surface area contributed by atoms with Gasteiger partial charge in [-0.15, -0.1) is 0 Å². The van der Waals surface area contributed by atoms with Gasteiger partial charge in [0.15, 0.2) is 0 Å². The van der Waals surface area contributed by atoms with Gasteiger partial charge in [0.2, 0.25) is 0 Å². The molecule has 0 fully saturated rings. The van der Waals surface area contributed by atoms with Gasteiger partial charge >= 0.3 is 5.97 Å². The molecule has 0 N–H and O–H groups in total. The standard InChI is InChI=1S/C21H21FN2O2/c1-2-26-21(25)19-17-4-3-13-24(17)20(15-9-11-23-12-10-15)18(19)14-5-7-16(22)8-6-14/h5-9,11H,2-4,10,12-13H2,1H3. The molecule has 1 aromatic heterocycles. The van der Waals surface area contributed by atoms with Crippen LogP contribution >= 0.6 is 0 Å². The predicted octanol–water partition coefficient (Wildman–Crippen LogP) is 4.28. The molecule has 2 aliphatic heterocycles. The summed E-state index contributed by atoms with van der Waals surface area (Å²) in [6.07, 6.45) is 6.54. The second kappa shape index (κ2) is 6.90. The number of rotatable bonds is 4. The number of benzene rings is 1. The minimum absolute atomic E-state index is 0.288. The average molecular weight is 352 g/mol. The van der Waals surface area contributed by atoms with E-state index in [2.05, 4.69) is 9.56 Å². The fourth-order valence-electron chi connectivity index (χ4n) is 3.92. The molecule has 0 unspecified atom stereocenters. The van der Waals surface area contributed by atoms with Gasteiger partial charge in [-0.25, -0.2) is 9.18 Å². The van der Waals surface area contributed by atoms with Crippen molar-refractivity contribution in [1.29, 1.82) is 0 Å². The van der Waals surface area contributed by atoms with Gasteiger partial charge in [0.1, 0.15) is 5.82 Å². The smallest absolute Gasteiger partial charge is 0.340 e. The van der Waals surface area contributed by atoms with Crippen LogP contribution in [0.5, 0.6) is 0 Å². The van der Waals surface area contributed by atoms with Gasteiger partial charge in [-0.05, 0) is 55.5 Å². The summed E-state index contributed by atoms with van der Waals surface area (Å²) in [4.78, 5) is 17.1. The molecular formula is C21H21FN2O2. The number of nitrogens with zero attached hydrogens (tertiary/aromatic N) is 2. The minimum atomic E-state index is -0.297. The third kappa shape index (κ3) is 2.77. The molecule has 26 heavy (non-hydrogen) atoms. The van der Waals surface area contributed by atoms with Gasteiger partial charge < -0.3 is 9.30 Å². The van der Waals surface area contributed by atoms with Gasteiger partial charge in [-0.3, -0.25) is 4.99 Å². The lowest BCUT2D eigenvalue weighted by Crippen LogP contribution is -2.08. The zero-order chi connectivity index (χ0) is 18.1. The van der Waals surface area contributed by atoms with Gasteiger partial charge in [0.05, 0.1) is 17.9 Å². The highest BCUT2D eigenvalue weighted by Gasteiger charge is 2.32. The molecule has 0 atom stereocenters. The van der Waals surface area contributed by atoms with Gasteiger partial charge in [-0.1, -0.05) is 12.1 Å². The summed E-state index contributed by atoms with van der Waals surface area (Å²) in [6.45, 7) is 3.76. The zero-order valence-corrected chi connectivity index (χ0v) is 14.8. The maximum Gasteiger partial charge on any atom is 0.340 e. The molecule has 4 nitrogen and oxygen atoms in total. The molecule has 2 aliphatic rings. The van der Waals surface area contributed by atoms with Gasteiger partial charge in [0, 0.05) is 30.6 Å². The molecule has 0 saturated heterocycles. The molecule has 4 rings (SSSR count). The fraction of sp³-hybridized carbons (Fsp3) is 0.333. The van der Waals surface area contributed by atoms with Crippen LogP contribution in [0.3, 0.4) is 0 Å². The maximum absolute atomic E-state index is 13.5. The van der Waals surface area contributed by atoms with E-state index in [1.165, 1.54) is 12.1 Å². The second-order valence-corrected chi connectivity index (χ2v) is 6.53. The van der Waals surface area contributed by atoms with E-state index in [0.29, 0.717) is 12.2 Å². The quantitative estimate of drug-likeness (QED) is 0.771. The highest BCUT2D eigenvalue weighted by molar-refractivity contribution is 6.03. The molecule has 0 spiro atoms. The lowest BCUT2D eigenvalue weighted by Gasteiger charge is -2.15. The summed E-state index contributed by atoms with van der Waals surface area (Å²) in [6, 6.07) is 6.36. The van der Waals surface area contributed by atoms with E-state index in [1.54, 1.807) is 12.1 Å². The summed E-state index contributed by atoms with van der Waals surface area (Å²) in [5.74, 6) is -0.586. The molecule has 1 aromatic carbocycles. The fourth-order valence-corrected chi connectivity index (χ4v) is 3.92. The number of aromatic nitrogens is 1. The molecular weight excluding hydrogens is 331 g/mol. The Morgan fingerprint density at radius 3 is 2.77 bits per heavy atom. The van der Waals surface area contributed by atoms with Crippen LogP contribution in [-0.4, -0.2) is 29.9 Å². The minimum Gasteiger partial charge on any atom is -0.462 e. The monoisotopic (exact) mass is 352 g/mol. The number of esters is 1. The number of ether oxygens (including phenoxy) is 1. The molecule has 0 amide bonds. The normalized spacial score (nSPS) is 15.7. The Kier molecular flexibility index (Phi) is 4.45. The van der Waals surface area contributed by atoms with Crippen molar-refractivity contribution in [3.05, 3.63) is 53.1 Å². The molecule has 134 valence electrons. The molecule has 0 radical (unpaired) electrons. The van der Waals surface area contributed by atoms with E-state index >= 15 is 0 Å². The number of carbonyl (C=O) groups excluding carboxylic acids is 1. The number of carbonyl (C=O) groups is 1. The van der Waals surface area contributed by atoms with Crippen molar-refractivity contribution in [3.8, 4) is 11.1 Å². The first-order valence-corrected chi connectivity index (χ1v) is 9.08. The summed E-state index contributed by atoms with van der Waals surface area (Å²) < 4.78 is 21.1. The van der Waals surface area contributed by atoms with Crippen molar-refractivity contribution in [1.82, 2.24) is 4.57 Å². The van der Waals surface area contributed by atoms with Gasteiger partial charge in [-0.2, -0.15) is 0 Å². The topological polar surface area (TPSA) is 43.6 Å². The van der Waals surface area contributed by atoms with Crippen molar-refractivity contribution >= 4 is 17.8 Å². The molecule has 3 heterocycles. The molecule has 2 aromatic rings. The van der Waals surface area contributed by atoms with Crippen LogP contribution in [0.1, 0.15) is 41.5 Å². The Balaban J connectivity index is 1.99. The summed E-state index contributed by atoms with van der Waals surface area (Å²) in [5.41, 5.74) is 5.58. The third-order valence-corrected chi connectivity index (χ3v) is 4.97. The Bertz CT molecular complexity index is 907. The zero-order valence-electron chi connectivity index (χ0n) is 14.8. The van der Waals surface area contributed by atoms with Crippen LogP contribution in [0.15, 0.2) is 35.3 Å². The Morgan fingerprint density at radius 2 is 2.08 bits per heavy atom. The largest absolute Gasteiger partial charge is 0.462 e. The SMILES string of the molecule is CCOC(=O)c1c(-c2ccc(F)cc2)c(C2=CC=NCC2)n2c1CCC2. The number of fused-ring (bicyclic) bond motifs is 1. The van der Waals surface area contributed by atoms with Crippen LogP contribution < -0.4 is 0 Å². The van der Waals surface area contributed by atoms with E-state index in [9.17, 15) is 9.18 Å². The van der Waals surface area contributed by atoms with E-state index in [0.717, 1.165) is 60.4 Å². The second-order valence-electron chi connectivity index (χ2n) is 6.53. The maximum atomic E-state index is 13.5. The van der Waals surface area contributed by atoms with Crippen LogP contribution in [-0.2, 0) is 17.7 Å². The first-order valence-electron chi connectivity index (χ1n) is 9.08. The van der Waals surface area contributed by atoms with Crippen molar-refractivity contribution in [2.45, 2.75) is 32.7 Å². The number of aliphatic imine (C=N–C) groups is 1. The van der Waals surface area contributed by atoms with Crippen molar-refractivity contribution in [3.63, 3.8) is 0 Å². The Labute approximate surface area is 152 Å². The first kappa shape index (κ1) is 16.8. The summed E-state index contributed by atoms with van der Waals surface area (Å²) >= 11 is 0. The molecule has 0 saturated carbocycles. The van der Waals surface area contributed by atoms with Crippen LogP contribution in [0.25, 0.3) is 16.7 Å². The highest BCUT2D eigenvalue weighted by Crippen LogP contribution is 2.41. The molecule has 0 aliphatic carbocycles. The van der Waals surface area contributed by atoms with E-state index < -0.39 is 0 Å². The Morgan fingerprint density at radius 1 is 1.27 bits per heavy atom. The lowest BCUT2D eigenvalue weighted by molar-refractivity contribution is 0.0526. The summed E-state index contributed by atoms with van der Waals surface area (Å²) in [7, 11) is 0. The van der Waals surface area contributed by atoms with Crippen LogP contribution in [0, 0.1) is 5.82 Å². The third-order valence-electron chi connectivity index (χ3n) is 4.97. The average Bonchev–Trinajstić information content (AvgIpc) is 3.23. The molecule has 5 heteroatoms. The van der Waals surface area contributed by atoms with E-state index in [4.69, 9.17) is 4.74 Å². The Hall–Kier alpha value is -2.69. The van der Waals surface area contributed by atoms with E-state index in [1.807, 2.05) is 19.2 Å². The first-order chi connectivity index (χ1) is 12.7. The van der Waals surface area contributed by atoms with Crippen LogP contribution in [0.2, 0.25) is 0 Å². The van der Waals surface area contributed by atoms with Crippen molar-refractivity contribution < 1.29 is 13.9 Å². The summed E-state index contributed by atoms with van der Waals surface area (Å²) in [5, 5.41) is 0. The van der Waals surface area contributed by atoms with Gasteiger partial charge in [0.25, 0.3) is 0 Å². The number of hydrogen-bond acceptors (Lipinski definition) is 3. The number of hydrogen-bond donors (Lipinski definition) is 0. The van der Waals surface area contributed by atoms with Crippen molar-refractivity contribution in [2.75, 3.05) is 13.2 Å². The van der Waals surface area contributed by atoms with Crippen LogP contribution in [0.4, 0.5) is 4.39 Å². The number of halogens is 1. The highest BCUT2D eigenvalue weighted by atomic mass is 19.1. The van der Waals surface area contributed by atoms with E-state index in [-0.39, 0.29) is 11.8 Å². The lowest BCUT2D eigenvalue weighted by atomic mass is 9.94. The number of allylic oxidation sites excluding steroid dienone is 1. The predicted molar refractivity (Wildman–Crippen MR) is 100 cm³/mol. The van der Waals surface area contributed by atoms with Crippen molar-refractivity contribution in [2.24, 2.45) is 4.99 Å². The number of dihydropyridines is 1. The molecule has 0 bridgehead atoms.